The lowest BCUT2D eigenvalue weighted by Gasteiger charge is -2.14. The Balaban J connectivity index is 1.73. The van der Waals surface area contributed by atoms with Gasteiger partial charge in [0.1, 0.15) is 0 Å². The summed E-state index contributed by atoms with van der Waals surface area (Å²) >= 11 is 0. The van der Waals surface area contributed by atoms with E-state index in [1.165, 1.54) is 16.3 Å². The van der Waals surface area contributed by atoms with Crippen LogP contribution in [0, 0.1) is 0 Å². The van der Waals surface area contributed by atoms with Crippen molar-refractivity contribution in [1.29, 1.82) is 0 Å². The Morgan fingerprint density at radius 3 is 2.55 bits per heavy atom. The van der Waals surface area contributed by atoms with Crippen LogP contribution in [0.15, 0.2) is 66.9 Å². The average molecular weight is 262 g/mol. The van der Waals surface area contributed by atoms with Crippen molar-refractivity contribution in [2.24, 2.45) is 0 Å². The van der Waals surface area contributed by atoms with Gasteiger partial charge >= 0.3 is 0 Å². The second-order valence-electron chi connectivity index (χ2n) is 5.03. The van der Waals surface area contributed by atoms with Crippen molar-refractivity contribution in [3.63, 3.8) is 0 Å². The van der Waals surface area contributed by atoms with Crippen molar-refractivity contribution in [3.05, 3.63) is 78.1 Å². The molecule has 0 unspecified atom stereocenters. The van der Waals surface area contributed by atoms with E-state index in [0.29, 0.717) is 6.04 Å². The Labute approximate surface area is 119 Å². The third kappa shape index (κ3) is 2.86. The molecule has 0 amide bonds. The smallest absolute Gasteiger partial charge is 0.0541 e. The first kappa shape index (κ1) is 12.8. The fourth-order valence-corrected chi connectivity index (χ4v) is 2.36. The summed E-state index contributed by atoms with van der Waals surface area (Å²) in [6.07, 6.45) is 1.83. The van der Waals surface area contributed by atoms with Crippen LogP contribution in [0.5, 0.6) is 0 Å². The summed E-state index contributed by atoms with van der Waals surface area (Å²) in [6, 6.07) is 21.4. The van der Waals surface area contributed by atoms with Gasteiger partial charge in [-0.2, -0.15) is 0 Å². The van der Waals surface area contributed by atoms with E-state index < -0.39 is 0 Å². The van der Waals surface area contributed by atoms with E-state index in [2.05, 4.69) is 59.7 Å². The fourth-order valence-electron chi connectivity index (χ4n) is 2.36. The van der Waals surface area contributed by atoms with Gasteiger partial charge < -0.3 is 5.32 Å². The zero-order chi connectivity index (χ0) is 13.8. The summed E-state index contributed by atoms with van der Waals surface area (Å²) in [7, 11) is 0. The van der Waals surface area contributed by atoms with Gasteiger partial charge in [-0.1, -0.05) is 42.5 Å². The maximum absolute atomic E-state index is 4.33. The van der Waals surface area contributed by atoms with Gasteiger partial charge in [0.05, 0.1) is 5.69 Å². The van der Waals surface area contributed by atoms with Gasteiger partial charge in [-0.15, -0.1) is 0 Å². The van der Waals surface area contributed by atoms with Crippen LogP contribution in [0.25, 0.3) is 10.8 Å². The molecule has 0 aliphatic heterocycles. The van der Waals surface area contributed by atoms with Crippen molar-refractivity contribution in [3.8, 4) is 0 Å². The van der Waals surface area contributed by atoms with Crippen LogP contribution < -0.4 is 5.32 Å². The highest BCUT2D eigenvalue weighted by atomic mass is 14.9. The van der Waals surface area contributed by atoms with Gasteiger partial charge in [0.15, 0.2) is 0 Å². The molecule has 1 heterocycles. The van der Waals surface area contributed by atoms with E-state index in [1.807, 2.05) is 24.4 Å². The topological polar surface area (TPSA) is 24.9 Å². The molecule has 0 saturated carbocycles. The van der Waals surface area contributed by atoms with E-state index in [4.69, 9.17) is 0 Å². The number of nitrogens with zero attached hydrogens (tertiary/aromatic N) is 1. The predicted molar refractivity (Wildman–Crippen MR) is 83.4 cm³/mol. The zero-order valence-corrected chi connectivity index (χ0v) is 11.6. The molecule has 2 heteroatoms. The lowest BCUT2D eigenvalue weighted by Crippen LogP contribution is -2.18. The van der Waals surface area contributed by atoms with E-state index >= 15 is 0 Å². The van der Waals surface area contributed by atoms with Gasteiger partial charge in [-0.25, -0.2) is 0 Å². The number of pyridine rings is 1. The second-order valence-corrected chi connectivity index (χ2v) is 5.03. The number of nitrogens with one attached hydrogen (secondary N) is 1. The molecule has 0 bridgehead atoms. The normalized spacial score (nSPS) is 12.4. The molecule has 1 atom stereocenters. The molecule has 3 rings (SSSR count). The number of benzene rings is 2. The third-order valence-electron chi connectivity index (χ3n) is 3.59. The van der Waals surface area contributed by atoms with Gasteiger partial charge in [0, 0.05) is 18.8 Å². The monoisotopic (exact) mass is 262 g/mol. The first-order valence-electron chi connectivity index (χ1n) is 6.95. The summed E-state index contributed by atoms with van der Waals surface area (Å²) < 4.78 is 0. The van der Waals surface area contributed by atoms with Crippen LogP contribution in [-0.4, -0.2) is 4.98 Å². The predicted octanol–water partition coefficient (Wildman–Crippen LogP) is 4.09. The molecule has 1 aromatic heterocycles. The molecule has 100 valence electrons. The Morgan fingerprint density at radius 2 is 1.75 bits per heavy atom. The summed E-state index contributed by atoms with van der Waals surface area (Å²) in [5, 5.41) is 6.09. The minimum absolute atomic E-state index is 0.307. The molecular formula is C18H18N2. The molecule has 0 fully saturated rings. The van der Waals surface area contributed by atoms with E-state index in [-0.39, 0.29) is 0 Å². The molecule has 0 saturated heterocycles. The molecule has 0 aliphatic carbocycles. The summed E-state index contributed by atoms with van der Waals surface area (Å²) in [5.41, 5.74) is 2.37. The van der Waals surface area contributed by atoms with Crippen LogP contribution >= 0.6 is 0 Å². The van der Waals surface area contributed by atoms with Crippen LogP contribution in [0.1, 0.15) is 24.2 Å². The number of fused-ring (bicyclic) bond motifs is 1. The number of hydrogen-bond acceptors (Lipinski definition) is 2. The standard InChI is InChI=1S/C18H18N2/c1-14(20-13-18-8-4-5-11-19-18)16-10-9-15-6-2-3-7-17(15)12-16/h2-12,14,20H,13H2,1H3/t14-/m0/s1. The molecule has 2 aromatic carbocycles. The summed E-state index contributed by atoms with van der Waals surface area (Å²) in [5.74, 6) is 0. The molecule has 1 N–H and O–H groups in total. The van der Waals surface area contributed by atoms with Crippen molar-refractivity contribution in [2.45, 2.75) is 19.5 Å². The maximum atomic E-state index is 4.33. The number of hydrogen-bond donors (Lipinski definition) is 1. The minimum atomic E-state index is 0.307. The number of aromatic nitrogens is 1. The SMILES string of the molecule is C[C@H](NCc1ccccn1)c1ccc2ccccc2c1. The fraction of sp³-hybridized carbons (Fsp3) is 0.167. The maximum Gasteiger partial charge on any atom is 0.0541 e. The molecular weight excluding hydrogens is 244 g/mol. The number of rotatable bonds is 4. The first-order valence-corrected chi connectivity index (χ1v) is 6.95. The van der Waals surface area contributed by atoms with Gasteiger partial charge in [-0.3, -0.25) is 4.98 Å². The molecule has 0 radical (unpaired) electrons. The minimum Gasteiger partial charge on any atom is -0.305 e. The van der Waals surface area contributed by atoms with Gasteiger partial charge in [-0.05, 0) is 41.5 Å². The van der Waals surface area contributed by atoms with Crippen LogP contribution in [0.3, 0.4) is 0 Å². The highest BCUT2D eigenvalue weighted by Gasteiger charge is 2.05. The van der Waals surface area contributed by atoms with E-state index in [0.717, 1.165) is 12.2 Å². The van der Waals surface area contributed by atoms with Crippen molar-refractivity contribution in [2.75, 3.05) is 0 Å². The van der Waals surface area contributed by atoms with E-state index in [1.54, 1.807) is 0 Å². The third-order valence-corrected chi connectivity index (χ3v) is 3.59. The average Bonchev–Trinajstić information content (AvgIpc) is 2.53. The Bertz CT molecular complexity index is 692. The summed E-state index contributed by atoms with van der Waals surface area (Å²) in [6.45, 7) is 2.97. The van der Waals surface area contributed by atoms with Crippen molar-refractivity contribution in [1.82, 2.24) is 10.3 Å². The molecule has 20 heavy (non-hydrogen) atoms. The van der Waals surface area contributed by atoms with Crippen molar-refractivity contribution < 1.29 is 0 Å². The largest absolute Gasteiger partial charge is 0.305 e. The zero-order valence-electron chi connectivity index (χ0n) is 11.6. The lowest BCUT2D eigenvalue weighted by molar-refractivity contribution is 0.568. The van der Waals surface area contributed by atoms with Gasteiger partial charge in [0.2, 0.25) is 0 Å². The molecule has 3 aromatic rings. The lowest BCUT2D eigenvalue weighted by atomic mass is 10.0. The van der Waals surface area contributed by atoms with Crippen LogP contribution in [-0.2, 0) is 6.54 Å². The Morgan fingerprint density at radius 1 is 0.950 bits per heavy atom. The van der Waals surface area contributed by atoms with Crippen LogP contribution in [0.2, 0.25) is 0 Å². The van der Waals surface area contributed by atoms with Crippen molar-refractivity contribution >= 4 is 10.8 Å². The van der Waals surface area contributed by atoms with Gasteiger partial charge in [0.25, 0.3) is 0 Å². The second kappa shape index (κ2) is 5.85. The molecule has 2 nitrogen and oxygen atoms in total. The highest BCUT2D eigenvalue weighted by molar-refractivity contribution is 5.83. The molecule has 0 aliphatic rings. The van der Waals surface area contributed by atoms with E-state index in [9.17, 15) is 0 Å². The molecule has 0 spiro atoms. The first-order chi connectivity index (χ1) is 9.83. The van der Waals surface area contributed by atoms with Crippen LogP contribution in [0.4, 0.5) is 0 Å². The highest BCUT2D eigenvalue weighted by Crippen LogP contribution is 2.20. The Hall–Kier alpha value is -2.19. The quantitative estimate of drug-likeness (QED) is 0.766. The summed E-state index contributed by atoms with van der Waals surface area (Å²) in [4.78, 5) is 4.33. The Kier molecular flexibility index (Phi) is 3.75.